The minimum Gasteiger partial charge on any atom is -0.464 e. The summed E-state index contributed by atoms with van der Waals surface area (Å²) in [7, 11) is 0. The Balaban J connectivity index is 2.73. The van der Waals surface area contributed by atoms with Crippen molar-refractivity contribution in [3.8, 4) is 0 Å². The van der Waals surface area contributed by atoms with E-state index in [1.165, 1.54) is 0 Å². The highest BCUT2D eigenvalue weighted by atomic mass is 16.7. The van der Waals surface area contributed by atoms with E-state index in [4.69, 9.17) is 9.47 Å². The third-order valence-electron chi connectivity index (χ3n) is 1.55. The Kier molecular flexibility index (Phi) is 1.52. The van der Waals surface area contributed by atoms with Crippen LogP contribution in [0, 0.1) is 0 Å². The molecule has 0 fully saturated rings. The maximum atomic E-state index is 5.04. The normalized spacial score (nSPS) is 14.2. The lowest BCUT2D eigenvalue weighted by atomic mass is 10.3. The molecule has 1 aliphatic heterocycles. The molecule has 56 valence electrons. The van der Waals surface area contributed by atoms with Crippen molar-refractivity contribution in [1.29, 1.82) is 0 Å². The van der Waals surface area contributed by atoms with E-state index in [0.717, 1.165) is 10.4 Å². The first-order valence-electron chi connectivity index (χ1n) is 3.45. The number of hydrogen-bond donors (Lipinski definition) is 0. The van der Waals surface area contributed by atoms with Gasteiger partial charge in [-0.2, -0.15) is 0 Å². The summed E-state index contributed by atoms with van der Waals surface area (Å²) in [5.74, 6) is 0. The lowest BCUT2D eigenvalue weighted by molar-refractivity contribution is 0.0898. The zero-order valence-electron chi connectivity index (χ0n) is 5.99. The van der Waals surface area contributed by atoms with E-state index in [1.54, 1.807) is 12.5 Å². The van der Waals surface area contributed by atoms with Crippen LogP contribution >= 0.6 is 0 Å². The van der Waals surface area contributed by atoms with Crippen molar-refractivity contribution >= 4 is 12.5 Å². The molecule has 2 rings (SSSR count). The molecule has 1 aromatic rings. The van der Waals surface area contributed by atoms with Crippen LogP contribution in [0.5, 0.6) is 0 Å². The van der Waals surface area contributed by atoms with Crippen molar-refractivity contribution < 1.29 is 9.47 Å². The summed E-state index contributed by atoms with van der Waals surface area (Å²) in [5, 5.41) is 2.12. The lowest BCUT2D eigenvalue weighted by Crippen LogP contribution is -2.22. The zero-order chi connectivity index (χ0) is 7.52. The lowest BCUT2D eigenvalue weighted by Gasteiger charge is -1.94. The Morgan fingerprint density at radius 1 is 0.909 bits per heavy atom. The zero-order valence-corrected chi connectivity index (χ0v) is 5.99. The Morgan fingerprint density at radius 2 is 1.45 bits per heavy atom. The molecular formula is C9H8O2. The molecule has 1 aromatic carbocycles. The molecule has 0 saturated carbocycles. The monoisotopic (exact) mass is 148 g/mol. The van der Waals surface area contributed by atoms with Crippen LogP contribution in [0.4, 0.5) is 0 Å². The molecule has 1 heterocycles. The SMILES string of the molecule is C1=c2ccccc2=COCO1. The molecule has 0 aromatic heterocycles. The predicted molar refractivity (Wildman–Crippen MR) is 41.7 cm³/mol. The van der Waals surface area contributed by atoms with E-state index in [-0.39, 0.29) is 0 Å². The minimum atomic E-state index is 0.300. The number of benzene rings is 1. The Hall–Kier alpha value is -1.44. The van der Waals surface area contributed by atoms with Crippen molar-refractivity contribution in [3.05, 3.63) is 34.7 Å². The predicted octanol–water partition coefficient (Wildman–Crippen LogP) is 0.167. The fraction of sp³-hybridized carbons (Fsp3) is 0.111. The smallest absolute Gasteiger partial charge is 0.229 e. The van der Waals surface area contributed by atoms with E-state index in [2.05, 4.69) is 0 Å². The first-order chi connectivity index (χ1) is 5.47. The van der Waals surface area contributed by atoms with E-state index in [1.807, 2.05) is 24.3 Å². The summed E-state index contributed by atoms with van der Waals surface area (Å²) in [4.78, 5) is 0. The van der Waals surface area contributed by atoms with Crippen LogP contribution in [0.25, 0.3) is 12.5 Å². The number of ether oxygens (including phenoxy) is 2. The summed E-state index contributed by atoms with van der Waals surface area (Å²) in [6.45, 7) is 0.300. The Morgan fingerprint density at radius 3 is 2.00 bits per heavy atom. The second-order valence-corrected chi connectivity index (χ2v) is 2.32. The van der Waals surface area contributed by atoms with Gasteiger partial charge in [0.2, 0.25) is 6.79 Å². The van der Waals surface area contributed by atoms with Gasteiger partial charge in [-0.1, -0.05) is 24.3 Å². The van der Waals surface area contributed by atoms with Crippen molar-refractivity contribution in [2.45, 2.75) is 0 Å². The van der Waals surface area contributed by atoms with E-state index < -0.39 is 0 Å². The van der Waals surface area contributed by atoms with Gasteiger partial charge < -0.3 is 9.47 Å². The summed E-state index contributed by atoms with van der Waals surface area (Å²) < 4.78 is 10.1. The highest BCUT2D eigenvalue weighted by molar-refractivity contribution is 5.25. The quantitative estimate of drug-likeness (QED) is 0.522. The van der Waals surface area contributed by atoms with Crippen LogP contribution in [0.2, 0.25) is 0 Å². The van der Waals surface area contributed by atoms with Gasteiger partial charge in [0.05, 0.1) is 12.5 Å². The standard InChI is InChI=1S/C9H8O2/c1-2-4-9-6-11-7-10-5-8(9)3-1/h1-6H,7H2. The van der Waals surface area contributed by atoms with E-state index in [9.17, 15) is 0 Å². The van der Waals surface area contributed by atoms with Gasteiger partial charge in [-0.25, -0.2) is 0 Å². The molecular weight excluding hydrogens is 140 g/mol. The van der Waals surface area contributed by atoms with Gasteiger partial charge in [0, 0.05) is 10.4 Å². The molecule has 0 atom stereocenters. The molecule has 0 saturated heterocycles. The van der Waals surface area contributed by atoms with Gasteiger partial charge in [0.1, 0.15) is 0 Å². The topological polar surface area (TPSA) is 18.5 Å². The fourth-order valence-corrected chi connectivity index (χ4v) is 1.01. The Bertz CT molecular complexity index is 319. The largest absolute Gasteiger partial charge is 0.464 e. The third-order valence-corrected chi connectivity index (χ3v) is 1.55. The fourth-order valence-electron chi connectivity index (χ4n) is 1.01. The highest BCUT2D eigenvalue weighted by Crippen LogP contribution is 1.83. The van der Waals surface area contributed by atoms with Gasteiger partial charge in [-0.15, -0.1) is 0 Å². The van der Waals surface area contributed by atoms with Crippen molar-refractivity contribution in [3.63, 3.8) is 0 Å². The summed E-state index contributed by atoms with van der Waals surface area (Å²) in [6, 6.07) is 7.91. The molecule has 2 nitrogen and oxygen atoms in total. The number of hydrogen-bond acceptors (Lipinski definition) is 2. The van der Waals surface area contributed by atoms with Crippen LogP contribution in [0.15, 0.2) is 24.3 Å². The molecule has 0 amide bonds. The maximum absolute atomic E-state index is 5.04. The molecule has 11 heavy (non-hydrogen) atoms. The number of fused-ring (bicyclic) bond motifs is 1. The maximum Gasteiger partial charge on any atom is 0.229 e. The van der Waals surface area contributed by atoms with Gasteiger partial charge in [0.25, 0.3) is 0 Å². The molecule has 0 N–H and O–H groups in total. The van der Waals surface area contributed by atoms with Crippen LogP contribution in [0.3, 0.4) is 0 Å². The molecule has 1 aliphatic rings. The van der Waals surface area contributed by atoms with Gasteiger partial charge in [-0.05, 0) is 0 Å². The van der Waals surface area contributed by atoms with Gasteiger partial charge in [-0.3, -0.25) is 0 Å². The molecule has 0 spiro atoms. The van der Waals surface area contributed by atoms with Crippen LogP contribution < -0.4 is 10.4 Å². The van der Waals surface area contributed by atoms with Crippen molar-refractivity contribution in [1.82, 2.24) is 0 Å². The highest BCUT2D eigenvalue weighted by Gasteiger charge is 1.89. The molecule has 0 unspecified atom stereocenters. The summed E-state index contributed by atoms with van der Waals surface area (Å²) >= 11 is 0. The minimum absolute atomic E-state index is 0.300. The van der Waals surface area contributed by atoms with E-state index in [0.29, 0.717) is 6.79 Å². The van der Waals surface area contributed by atoms with E-state index >= 15 is 0 Å². The first kappa shape index (κ1) is 6.28. The Labute approximate surface area is 64.4 Å². The summed E-state index contributed by atoms with van der Waals surface area (Å²) in [6.07, 6.45) is 3.41. The molecule has 0 aliphatic carbocycles. The first-order valence-corrected chi connectivity index (χ1v) is 3.45. The summed E-state index contributed by atoms with van der Waals surface area (Å²) in [5.41, 5.74) is 0. The third kappa shape index (κ3) is 1.19. The molecule has 0 bridgehead atoms. The van der Waals surface area contributed by atoms with Crippen LogP contribution in [0.1, 0.15) is 0 Å². The average Bonchev–Trinajstić information content (AvgIpc) is 2.28. The van der Waals surface area contributed by atoms with Gasteiger partial charge >= 0.3 is 0 Å². The number of rotatable bonds is 0. The van der Waals surface area contributed by atoms with Gasteiger partial charge in [0.15, 0.2) is 0 Å². The second-order valence-electron chi connectivity index (χ2n) is 2.32. The molecule has 2 heteroatoms. The van der Waals surface area contributed by atoms with Crippen LogP contribution in [-0.4, -0.2) is 6.79 Å². The second kappa shape index (κ2) is 2.66. The van der Waals surface area contributed by atoms with Crippen molar-refractivity contribution in [2.24, 2.45) is 0 Å². The molecule has 0 radical (unpaired) electrons. The average molecular weight is 148 g/mol. The van der Waals surface area contributed by atoms with Crippen molar-refractivity contribution in [2.75, 3.05) is 6.79 Å². The van der Waals surface area contributed by atoms with Crippen LogP contribution in [-0.2, 0) is 9.47 Å².